The van der Waals surface area contributed by atoms with Gasteiger partial charge in [0.1, 0.15) is 5.82 Å². The molecular formula is C16H14BrN3O. The number of halogens is 1. The molecule has 0 unspecified atom stereocenters. The van der Waals surface area contributed by atoms with Crippen LogP contribution in [0, 0.1) is 0 Å². The summed E-state index contributed by atoms with van der Waals surface area (Å²) >= 11 is 3.37. The second kappa shape index (κ2) is 5.69. The highest BCUT2D eigenvalue weighted by atomic mass is 79.9. The van der Waals surface area contributed by atoms with Crippen LogP contribution in [0.2, 0.25) is 0 Å². The summed E-state index contributed by atoms with van der Waals surface area (Å²) < 4.78 is 2.93. The van der Waals surface area contributed by atoms with E-state index in [9.17, 15) is 4.79 Å². The number of benzene rings is 1. The number of nitrogens with one attached hydrogen (secondary N) is 1. The number of rotatable bonds is 3. The Balaban J connectivity index is 1.96. The van der Waals surface area contributed by atoms with E-state index < -0.39 is 0 Å². The van der Waals surface area contributed by atoms with E-state index in [0.29, 0.717) is 5.69 Å². The minimum Gasteiger partial charge on any atom is -0.321 e. The third-order valence-corrected chi connectivity index (χ3v) is 3.78. The molecule has 0 aliphatic carbocycles. The number of aryl methyl sites for hydroxylation is 1. The zero-order valence-corrected chi connectivity index (χ0v) is 13.1. The number of carbonyl (C=O) groups excluding carboxylic acids is 1. The smallest absolute Gasteiger partial charge is 0.276 e. The number of carbonyl (C=O) groups is 1. The van der Waals surface area contributed by atoms with Gasteiger partial charge >= 0.3 is 0 Å². The van der Waals surface area contributed by atoms with Crippen LogP contribution in [0.25, 0.3) is 5.52 Å². The van der Waals surface area contributed by atoms with Gasteiger partial charge in [0.2, 0.25) is 0 Å². The van der Waals surface area contributed by atoms with Crippen molar-refractivity contribution >= 4 is 33.0 Å². The van der Waals surface area contributed by atoms with Crippen molar-refractivity contribution in [3.8, 4) is 0 Å². The molecular weight excluding hydrogens is 330 g/mol. The van der Waals surface area contributed by atoms with Crippen molar-refractivity contribution in [2.24, 2.45) is 0 Å². The first kappa shape index (κ1) is 13.8. The quantitative estimate of drug-likeness (QED) is 0.783. The second-order valence-corrected chi connectivity index (χ2v) is 5.56. The van der Waals surface area contributed by atoms with Crippen LogP contribution in [0.5, 0.6) is 0 Å². The minimum absolute atomic E-state index is 0.194. The average molecular weight is 344 g/mol. The van der Waals surface area contributed by atoms with Crippen molar-refractivity contribution in [3.05, 3.63) is 64.7 Å². The van der Waals surface area contributed by atoms with E-state index in [0.717, 1.165) is 27.9 Å². The number of pyridine rings is 1. The van der Waals surface area contributed by atoms with Gasteiger partial charge in [-0.2, -0.15) is 0 Å². The molecule has 2 heterocycles. The predicted octanol–water partition coefficient (Wildman–Crippen LogP) is 3.91. The molecule has 0 saturated carbocycles. The predicted molar refractivity (Wildman–Crippen MR) is 86.7 cm³/mol. The molecule has 1 amide bonds. The van der Waals surface area contributed by atoms with Crippen LogP contribution in [0.1, 0.15) is 23.2 Å². The fourth-order valence-corrected chi connectivity index (χ4v) is 2.51. The van der Waals surface area contributed by atoms with Crippen molar-refractivity contribution in [2.45, 2.75) is 13.3 Å². The lowest BCUT2D eigenvalue weighted by molar-refractivity contribution is 0.102. The number of amides is 1. The van der Waals surface area contributed by atoms with Crippen LogP contribution >= 0.6 is 15.9 Å². The summed E-state index contributed by atoms with van der Waals surface area (Å²) in [5.74, 6) is 0.687. The van der Waals surface area contributed by atoms with Crippen molar-refractivity contribution in [1.82, 2.24) is 9.38 Å². The highest BCUT2D eigenvalue weighted by Gasteiger charge is 2.16. The summed E-state index contributed by atoms with van der Waals surface area (Å²) in [7, 11) is 0. The standard InChI is InChI=1S/C16H14BrN3O/c1-2-14-19-15(13-5-3-4-10-20(13)14)16(21)18-12-8-6-11(17)7-9-12/h3-10H,2H2,1H3,(H,18,21). The highest BCUT2D eigenvalue weighted by Crippen LogP contribution is 2.18. The molecule has 0 atom stereocenters. The molecule has 0 radical (unpaired) electrons. The van der Waals surface area contributed by atoms with Gasteiger partial charge < -0.3 is 9.72 Å². The summed E-state index contributed by atoms with van der Waals surface area (Å²) in [5, 5.41) is 2.88. The molecule has 2 aromatic heterocycles. The summed E-state index contributed by atoms with van der Waals surface area (Å²) in [5.41, 5.74) is 2.03. The lowest BCUT2D eigenvalue weighted by Crippen LogP contribution is -2.12. The van der Waals surface area contributed by atoms with Gasteiger partial charge in [-0.1, -0.05) is 28.9 Å². The van der Waals surface area contributed by atoms with E-state index in [4.69, 9.17) is 0 Å². The second-order valence-electron chi connectivity index (χ2n) is 4.65. The molecule has 3 rings (SSSR count). The molecule has 0 saturated heterocycles. The molecule has 0 aliphatic heterocycles. The number of nitrogens with zero attached hydrogens (tertiary/aromatic N) is 2. The maximum absolute atomic E-state index is 12.4. The molecule has 106 valence electrons. The Hall–Kier alpha value is -2.14. The molecule has 21 heavy (non-hydrogen) atoms. The molecule has 3 aromatic rings. The normalized spacial score (nSPS) is 10.8. The first-order chi connectivity index (χ1) is 10.2. The Bertz CT molecular complexity index is 793. The molecule has 1 aromatic carbocycles. The van der Waals surface area contributed by atoms with Crippen LogP contribution in [0.15, 0.2) is 53.1 Å². The maximum Gasteiger partial charge on any atom is 0.276 e. The number of imidazole rings is 1. The molecule has 4 nitrogen and oxygen atoms in total. The monoisotopic (exact) mass is 343 g/mol. The van der Waals surface area contributed by atoms with Crippen LogP contribution in [0.3, 0.4) is 0 Å². The van der Waals surface area contributed by atoms with Crippen molar-refractivity contribution in [1.29, 1.82) is 0 Å². The summed E-state index contributed by atoms with van der Waals surface area (Å²) in [4.78, 5) is 16.9. The number of hydrogen-bond donors (Lipinski definition) is 1. The molecule has 1 N–H and O–H groups in total. The van der Waals surface area contributed by atoms with Gasteiger partial charge in [-0.05, 0) is 36.4 Å². The Morgan fingerprint density at radius 3 is 2.71 bits per heavy atom. The SMILES string of the molecule is CCc1nc(C(=O)Nc2ccc(Br)cc2)c2ccccn12. The van der Waals surface area contributed by atoms with Crippen molar-refractivity contribution in [2.75, 3.05) is 5.32 Å². The molecule has 0 fully saturated rings. The minimum atomic E-state index is -0.194. The maximum atomic E-state index is 12.4. The highest BCUT2D eigenvalue weighted by molar-refractivity contribution is 9.10. The van der Waals surface area contributed by atoms with Gasteiger partial charge in [-0.25, -0.2) is 4.98 Å². The Labute approximate surface area is 131 Å². The molecule has 0 bridgehead atoms. The number of fused-ring (bicyclic) bond motifs is 1. The largest absolute Gasteiger partial charge is 0.321 e. The molecule has 5 heteroatoms. The van der Waals surface area contributed by atoms with E-state index in [2.05, 4.69) is 26.2 Å². The van der Waals surface area contributed by atoms with Gasteiger partial charge in [0.25, 0.3) is 5.91 Å². The first-order valence-corrected chi connectivity index (χ1v) is 7.51. The lowest BCUT2D eigenvalue weighted by Gasteiger charge is -2.03. The van der Waals surface area contributed by atoms with Crippen LogP contribution in [-0.2, 0) is 6.42 Å². The fraction of sp³-hybridized carbons (Fsp3) is 0.125. The molecule has 0 aliphatic rings. The molecule has 0 spiro atoms. The zero-order valence-electron chi connectivity index (χ0n) is 11.5. The summed E-state index contributed by atoms with van der Waals surface area (Å²) in [6.45, 7) is 2.03. The van der Waals surface area contributed by atoms with Crippen molar-refractivity contribution < 1.29 is 4.79 Å². The third-order valence-electron chi connectivity index (χ3n) is 3.25. The Morgan fingerprint density at radius 2 is 2.00 bits per heavy atom. The summed E-state index contributed by atoms with van der Waals surface area (Å²) in [6, 6.07) is 13.2. The average Bonchev–Trinajstić information content (AvgIpc) is 2.88. The zero-order chi connectivity index (χ0) is 14.8. The number of aromatic nitrogens is 2. The van der Waals surface area contributed by atoms with E-state index in [1.807, 2.05) is 60.0 Å². The van der Waals surface area contributed by atoms with Gasteiger partial charge in [-0.15, -0.1) is 0 Å². The van der Waals surface area contributed by atoms with Gasteiger partial charge in [0.05, 0.1) is 5.52 Å². The fourth-order valence-electron chi connectivity index (χ4n) is 2.24. The van der Waals surface area contributed by atoms with Gasteiger partial charge in [0, 0.05) is 22.8 Å². The van der Waals surface area contributed by atoms with Gasteiger partial charge in [-0.3, -0.25) is 4.79 Å². The van der Waals surface area contributed by atoms with E-state index >= 15 is 0 Å². The van der Waals surface area contributed by atoms with Gasteiger partial charge in [0.15, 0.2) is 5.69 Å². The van der Waals surface area contributed by atoms with Crippen LogP contribution < -0.4 is 5.32 Å². The van der Waals surface area contributed by atoms with Crippen LogP contribution in [0.4, 0.5) is 5.69 Å². The Kier molecular flexibility index (Phi) is 3.75. The topological polar surface area (TPSA) is 46.4 Å². The summed E-state index contributed by atoms with van der Waals surface area (Å²) in [6.07, 6.45) is 2.70. The first-order valence-electron chi connectivity index (χ1n) is 6.72. The lowest BCUT2D eigenvalue weighted by atomic mass is 10.3. The van der Waals surface area contributed by atoms with E-state index in [1.165, 1.54) is 0 Å². The number of hydrogen-bond acceptors (Lipinski definition) is 2. The Morgan fingerprint density at radius 1 is 1.24 bits per heavy atom. The third kappa shape index (κ3) is 2.69. The van der Waals surface area contributed by atoms with Crippen LogP contribution in [-0.4, -0.2) is 15.3 Å². The van der Waals surface area contributed by atoms with E-state index in [1.54, 1.807) is 0 Å². The number of anilines is 1. The van der Waals surface area contributed by atoms with E-state index in [-0.39, 0.29) is 5.91 Å². The van der Waals surface area contributed by atoms with Crippen molar-refractivity contribution in [3.63, 3.8) is 0 Å².